The van der Waals surface area contributed by atoms with Crippen molar-refractivity contribution in [1.29, 1.82) is 0 Å². The average molecular weight is 304 g/mol. The van der Waals surface area contributed by atoms with Gasteiger partial charge in [0.15, 0.2) is 5.69 Å². The first-order valence-corrected chi connectivity index (χ1v) is 6.42. The fourth-order valence-electron chi connectivity index (χ4n) is 1.70. The van der Waals surface area contributed by atoms with Crippen LogP contribution in [0, 0.1) is 0 Å². The number of rotatable bonds is 4. The van der Waals surface area contributed by atoms with Crippen molar-refractivity contribution in [2.24, 2.45) is 0 Å². The lowest BCUT2D eigenvalue weighted by Gasteiger charge is -2.08. The number of nitrogens with one attached hydrogen (secondary N) is 1. The van der Waals surface area contributed by atoms with Gasteiger partial charge in [0.05, 0.1) is 5.69 Å². The van der Waals surface area contributed by atoms with Crippen LogP contribution in [0.2, 0.25) is 5.02 Å². The van der Waals surface area contributed by atoms with Crippen LogP contribution in [0.25, 0.3) is 5.69 Å². The molecule has 3 nitrogen and oxygen atoms in total. The highest BCUT2D eigenvalue weighted by atomic mass is 35.5. The number of alkyl halides is 3. The van der Waals surface area contributed by atoms with E-state index >= 15 is 0 Å². The first-order valence-electron chi connectivity index (χ1n) is 6.04. The number of halogens is 4. The van der Waals surface area contributed by atoms with Crippen LogP contribution in [0.5, 0.6) is 0 Å². The van der Waals surface area contributed by atoms with E-state index in [0.29, 0.717) is 17.3 Å². The van der Waals surface area contributed by atoms with Gasteiger partial charge in [-0.3, -0.25) is 0 Å². The molecule has 0 radical (unpaired) electrons. The van der Waals surface area contributed by atoms with E-state index in [-0.39, 0.29) is 0 Å². The molecule has 0 amide bonds. The van der Waals surface area contributed by atoms with Crippen molar-refractivity contribution in [3.63, 3.8) is 0 Å². The van der Waals surface area contributed by atoms with E-state index in [9.17, 15) is 13.2 Å². The summed E-state index contributed by atoms with van der Waals surface area (Å²) in [5.74, 6) is 0. The molecule has 1 aromatic heterocycles. The van der Waals surface area contributed by atoms with Crippen molar-refractivity contribution in [2.75, 3.05) is 6.54 Å². The van der Waals surface area contributed by atoms with Gasteiger partial charge in [-0.05, 0) is 30.3 Å². The minimum atomic E-state index is -4.44. The summed E-state index contributed by atoms with van der Waals surface area (Å²) in [5.41, 5.74) is 0.455. The van der Waals surface area contributed by atoms with Crippen molar-refractivity contribution in [2.45, 2.75) is 19.6 Å². The van der Waals surface area contributed by atoms with Crippen LogP contribution in [0.15, 0.2) is 30.5 Å². The number of nitrogens with zero attached hydrogens (tertiary/aromatic N) is 2. The molecule has 0 saturated heterocycles. The molecule has 1 aromatic carbocycles. The monoisotopic (exact) mass is 303 g/mol. The zero-order valence-electron chi connectivity index (χ0n) is 10.7. The Morgan fingerprint density at radius 3 is 2.60 bits per heavy atom. The molecule has 0 saturated carbocycles. The Labute approximate surface area is 119 Å². The lowest BCUT2D eigenvalue weighted by Crippen LogP contribution is -2.12. The van der Waals surface area contributed by atoms with Crippen molar-refractivity contribution < 1.29 is 13.2 Å². The molecule has 2 rings (SSSR count). The highest BCUT2D eigenvalue weighted by molar-refractivity contribution is 6.31. The Morgan fingerprint density at radius 1 is 1.30 bits per heavy atom. The molecular formula is C13H13ClF3N3. The fourth-order valence-corrected chi connectivity index (χ4v) is 1.94. The van der Waals surface area contributed by atoms with Crippen molar-refractivity contribution in [3.05, 3.63) is 46.7 Å². The van der Waals surface area contributed by atoms with E-state index in [2.05, 4.69) is 10.4 Å². The third kappa shape index (κ3) is 3.32. The maximum absolute atomic E-state index is 12.5. The number of hydrogen-bond donors (Lipinski definition) is 1. The highest BCUT2D eigenvalue weighted by Gasteiger charge is 2.33. The molecule has 0 unspecified atom stereocenters. The molecule has 0 aliphatic rings. The van der Waals surface area contributed by atoms with Crippen molar-refractivity contribution in [1.82, 2.24) is 15.1 Å². The van der Waals surface area contributed by atoms with E-state index < -0.39 is 11.9 Å². The molecule has 0 aliphatic heterocycles. The topological polar surface area (TPSA) is 29.9 Å². The van der Waals surface area contributed by atoms with Crippen molar-refractivity contribution in [3.8, 4) is 5.69 Å². The SMILES string of the molecule is CCNCc1ccc(-n2ccc(C(F)(F)F)n2)cc1Cl. The molecular weight excluding hydrogens is 291 g/mol. The van der Waals surface area contributed by atoms with Gasteiger partial charge in [0.1, 0.15) is 0 Å². The lowest BCUT2D eigenvalue weighted by molar-refractivity contribution is -0.141. The Bertz CT molecular complexity index is 593. The summed E-state index contributed by atoms with van der Waals surface area (Å²) in [4.78, 5) is 0. The standard InChI is InChI=1S/C13H13ClF3N3/c1-2-18-8-9-3-4-10(7-11(9)14)20-6-5-12(19-20)13(15,16)17/h3-7,18H,2,8H2,1H3. The predicted molar refractivity (Wildman–Crippen MR) is 71.0 cm³/mol. The average Bonchev–Trinajstić information content (AvgIpc) is 2.86. The highest BCUT2D eigenvalue weighted by Crippen LogP contribution is 2.28. The van der Waals surface area contributed by atoms with Crippen molar-refractivity contribution >= 4 is 11.6 Å². The Balaban J connectivity index is 2.25. The van der Waals surface area contributed by atoms with Crippen LogP contribution >= 0.6 is 11.6 Å². The zero-order chi connectivity index (χ0) is 14.8. The van der Waals surface area contributed by atoms with Gasteiger partial charge in [0.2, 0.25) is 0 Å². The number of aromatic nitrogens is 2. The summed E-state index contributed by atoms with van der Waals surface area (Å²) < 4.78 is 38.6. The molecule has 0 aliphatic carbocycles. The summed E-state index contributed by atoms with van der Waals surface area (Å²) in [6.45, 7) is 3.40. The molecule has 0 atom stereocenters. The van der Waals surface area contributed by atoms with E-state index in [1.165, 1.54) is 6.20 Å². The quantitative estimate of drug-likeness (QED) is 0.934. The van der Waals surface area contributed by atoms with E-state index in [4.69, 9.17) is 11.6 Å². The maximum Gasteiger partial charge on any atom is 0.435 e. The van der Waals surface area contributed by atoms with Gasteiger partial charge in [-0.15, -0.1) is 0 Å². The predicted octanol–water partition coefficient (Wildman–Crippen LogP) is 3.65. The summed E-state index contributed by atoms with van der Waals surface area (Å²) in [6, 6.07) is 5.99. The second-order valence-electron chi connectivity index (χ2n) is 4.20. The molecule has 0 fully saturated rings. The number of hydrogen-bond acceptors (Lipinski definition) is 2. The molecule has 1 heterocycles. The van der Waals surface area contributed by atoms with Crippen LogP contribution < -0.4 is 5.32 Å². The molecule has 20 heavy (non-hydrogen) atoms. The van der Waals surface area contributed by atoms with Crippen LogP contribution in [-0.2, 0) is 12.7 Å². The van der Waals surface area contributed by atoms with Gasteiger partial charge >= 0.3 is 6.18 Å². The number of benzene rings is 1. The molecule has 0 spiro atoms. The molecule has 108 valence electrons. The fraction of sp³-hybridized carbons (Fsp3) is 0.308. The maximum atomic E-state index is 12.5. The molecule has 7 heteroatoms. The van der Waals surface area contributed by atoms with Crippen LogP contribution in [0.1, 0.15) is 18.2 Å². The normalized spacial score (nSPS) is 11.8. The Kier molecular flexibility index (Phi) is 4.35. The Hall–Kier alpha value is -1.53. The van der Waals surface area contributed by atoms with Gasteiger partial charge in [-0.2, -0.15) is 18.3 Å². The summed E-state index contributed by atoms with van der Waals surface area (Å²) in [6.07, 6.45) is -3.18. The molecule has 1 N–H and O–H groups in total. The van der Waals surface area contributed by atoms with Gasteiger partial charge in [0.25, 0.3) is 0 Å². The smallest absolute Gasteiger partial charge is 0.313 e. The summed E-state index contributed by atoms with van der Waals surface area (Å²) >= 11 is 6.11. The minimum absolute atomic E-state index is 0.491. The Morgan fingerprint density at radius 2 is 2.05 bits per heavy atom. The third-order valence-electron chi connectivity index (χ3n) is 2.75. The minimum Gasteiger partial charge on any atom is -0.313 e. The molecule has 0 bridgehead atoms. The lowest BCUT2D eigenvalue weighted by atomic mass is 10.2. The van der Waals surface area contributed by atoms with Crippen LogP contribution in [-0.4, -0.2) is 16.3 Å². The second-order valence-corrected chi connectivity index (χ2v) is 4.61. The van der Waals surface area contributed by atoms with Crippen LogP contribution in [0.3, 0.4) is 0 Å². The van der Waals surface area contributed by atoms with E-state index in [0.717, 1.165) is 22.9 Å². The summed E-state index contributed by atoms with van der Waals surface area (Å²) in [5, 5.41) is 7.13. The largest absolute Gasteiger partial charge is 0.435 e. The zero-order valence-corrected chi connectivity index (χ0v) is 11.5. The van der Waals surface area contributed by atoms with Gasteiger partial charge < -0.3 is 5.32 Å². The first-order chi connectivity index (χ1) is 9.41. The first kappa shape index (κ1) is 14.9. The van der Waals surface area contributed by atoms with E-state index in [1.54, 1.807) is 18.2 Å². The molecule has 2 aromatic rings. The second kappa shape index (κ2) is 5.85. The van der Waals surface area contributed by atoms with E-state index in [1.807, 2.05) is 6.92 Å². The van der Waals surface area contributed by atoms with Gasteiger partial charge in [-0.25, -0.2) is 4.68 Å². The van der Waals surface area contributed by atoms with Gasteiger partial charge in [0, 0.05) is 17.8 Å². The third-order valence-corrected chi connectivity index (χ3v) is 3.10. The van der Waals surface area contributed by atoms with Crippen LogP contribution in [0.4, 0.5) is 13.2 Å². The summed E-state index contributed by atoms with van der Waals surface area (Å²) in [7, 11) is 0. The van der Waals surface area contributed by atoms with Gasteiger partial charge in [-0.1, -0.05) is 24.6 Å².